The lowest BCUT2D eigenvalue weighted by molar-refractivity contribution is -0.108. The Bertz CT molecular complexity index is 528. The zero-order chi connectivity index (χ0) is 13.7. The molecule has 3 nitrogen and oxygen atoms in total. The largest absolute Gasteiger partial charge is 0.494 e. The third-order valence-corrected chi connectivity index (χ3v) is 3.12. The van der Waals surface area contributed by atoms with Gasteiger partial charge in [0.25, 0.3) is 0 Å². The minimum absolute atomic E-state index is 0.0716. The summed E-state index contributed by atoms with van der Waals surface area (Å²) in [7, 11) is 0. The van der Waals surface area contributed by atoms with Crippen LogP contribution in [0.2, 0.25) is 0 Å². The second-order valence-electron chi connectivity index (χ2n) is 4.56. The molecule has 0 radical (unpaired) electrons. The van der Waals surface area contributed by atoms with Crippen LogP contribution in [0.25, 0.3) is 0 Å². The Morgan fingerprint density at radius 1 is 1.26 bits per heavy atom. The van der Waals surface area contributed by atoms with Gasteiger partial charge in [0.1, 0.15) is 12.0 Å². The van der Waals surface area contributed by atoms with E-state index in [0.29, 0.717) is 6.61 Å². The maximum absolute atomic E-state index is 10.9. The fourth-order valence-electron chi connectivity index (χ4n) is 2.11. The van der Waals surface area contributed by atoms with Gasteiger partial charge in [0, 0.05) is 18.4 Å². The van der Waals surface area contributed by atoms with Gasteiger partial charge in [-0.15, -0.1) is 0 Å². The van der Waals surface area contributed by atoms with Crippen LogP contribution in [0.1, 0.15) is 31.0 Å². The van der Waals surface area contributed by atoms with E-state index in [2.05, 4.69) is 16.7 Å². The van der Waals surface area contributed by atoms with Crippen LogP contribution in [0.3, 0.4) is 0 Å². The van der Waals surface area contributed by atoms with E-state index in [-0.39, 0.29) is 5.92 Å². The van der Waals surface area contributed by atoms with E-state index >= 15 is 0 Å². The second-order valence-corrected chi connectivity index (χ2v) is 4.56. The van der Waals surface area contributed by atoms with Crippen LogP contribution in [-0.4, -0.2) is 17.5 Å². The first-order valence-corrected chi connectivity index (χ1v) is 6.56. The van der Waals surface area contributed by atoms with Gasteiger partial charge in [-0.2, -0.15) is 0 Å². The summed E-state index contributed by atoms with van der Waals surface area (Å²) >= 11 is 0. The summed E-state index contributed by atoms with van der Waals surface area (Å²) in [5.74, 6) is 0.818. The van der Waals surface area contributed by atoms with Crippen molar-refractivity contribution in [3.05, 3.63) is 53.9 Å². The van der Waals surface area contributed by atoms with E-state index in [1.807, 2.05) is 44.3 Å². The number of aldehydes is 1. The number of carbonyl (C=O) groups excluding carboxylic acids is 1. The fraction of sp³-hybridized carbons (Fsp3) is 0.312. The van der Waals surface area contributed by atoms with E-state index in [0.717, 1.165) is 24.3 Å². The van der Waals surface area contributed by atoms with E-state index in [4.69, 9.17) is 4.74 Å². The molecule has 2 aromatic rings. The van der Waals surface area contributed by atoms with Crippen LogP contribution in [0, 0.1) is 0 Å². The standard InChI is InChI=1S/C16H19NO2/c1-3-19-15-8-6-14(7-9-15)11-17-10-4-5-16(17)13(2)12-18/h4-10,12-13H,3,11H2,1-2H3. The van der Waals surface area contributed by atoms with Gasteiger partial charge >= 0.3 is 0 Å². The molecule has 0 aliphatic rings. The van der Waals surface area contributed by atoms with Gasteiger partial charge in [0.05, 0.1) is 12.5 Å². The van der Waals surface area contributed by atoms with Crippen LogP contribution < -0.4 is 4.74 Å². The molecule has 0 aliphatic heterocycles. The molecule has 1 aromatic heterocycles. The monoisotopic (exact) mass is 257 g/mol. The molecule has 1 heterocycles. The molecule has 0 fully saturated rings. The number of rotatable bonds is 6. The van der Waals surface area contributed by atoms with Crippen molar-refractivity contribution in [3.8, 4) is 5.75 Å². The molecule has 100 valence electrons. The van der Waals surface area contributed by atoms with E-state index < -0.39 is 0 Å². The number of aromatic nitrogens is 1. The first kappa shape index (κ1) is 13.4. The topological polar surface area (TPSA) is 31.2 Å². The highest BCUT2D eigenvalue weighted by atomic mass is 16.5. The summed E-state index contributed by atoms with van der Waals surface area (Å²) < 4.78 is 7.53. The predicted octanol–water partition coefficient (Wildman–Crippen LogP) is 3.24. The van der Waals surface area contributed by atoms with Crippen molar-refractivity contribution in [1.82, 2.24) is 4.57 Å². The maximum Gasteiger partial charge on any atom is 0.128 e. The Hall–Kier alpha value is -2.03. The molecule has 1 atom stereocenters. The molecule has 0 spiro atoms. The van der Waals surface area contributed by atoms with Crippen LogP contribution in [-0.2, 0) is 11.3 Å². The average Bonchev–Trinajstić information content (AvgIpc) is 2.88. The van der Waals surface area contributed by atoms with Gasteiger partial charge in [-0.3, -0.25) is 0 Å². The second kappa shape index (κ2) is 6.23. The summed E-state index contributed by atoms with van der Waals surface area (Å²) in [6.07, 6.45) is 2.98. The van der Waals surface area contributed by atoms with Crippen LogP contribution >= 0.6 is 0 Å². The number of carbonyl (C=O) groups is 1. The third kappa shape index (κ3) is 3.25. The van der Waals surface area contributed by atoms with Crippen molar-refractivity contribution in [1.29, 1.82) is 0 Å². The van der Waals surface area contributed by atoms with E-state index in [1.54, 1.807) is 0 Å². The quantitative estimate of drug-likeness (QED) is 0.744. The molecular formula is C16H19NO2. The zero-order valence-electron chi connectivity index (χ0n) is 11.4. The van der Waals surface area contributed by atoms with Crippen molar-refractivity contribution in [2.45, 2.75) is 26.3 Å². The van der Waals surface area contributed by atoms with Gasteiger partial charge in [-0.1, -0.05) is 19.1 Å². The van der Waals surface area contributed by atoms with Gasteiger partial charge in [-0.25, -0.2) is 0 Å². The number of hydrogen-bond acceptors (Lipinski definition) is 2. The molecule has 3 heteroatoms. The molecular weight excluding hydrogens is 238 g/mol. The Kier molecular flexibility index (Phi) is 4.39. The SMILES string of the molecule is CCOc1ccc(Cn2cccc2C(C)C=O)cc1. The lowest BCUT2D eigenvalue weighted by atomic mass is 10.1. The average molecular weight is 257 g/mol. The highest BCUT2D eigenvalue weighted by Gasteiger charge is 2.09. The summed E-state index contributed by atoms with van der Waals surface area (Å²) in [6, 6.07) is 12.0. The number of benzene rings is 1. The molecule has 0 aliphatic carbocycles. The third-order valence-electron chi connectivity index (χ3n) is 3.12. The highest BCUT2D eigenvalue weighted by Crippen LogP contribution is 2.17. The lowest BCUT2D eigenvalue weighted by Gasteiger charge is -2.12. The lowest BCUT2D eigenvalue weighted by Crippen LogP contribution is -2.07. The summed E-state index contributed by atoms with van der Waals surface area (Å²) in [5, 5.41) is 0. The number of hydrogen-bond donors (Lipinski definition) is 0. The highest BCUT2D eigenvalue weighted by molar-refractivity contribution is 5.60. The Labute approximate surface area is 113 Å². The minimum Gasteiger partial charge on any atom is -0.494 e. The normalized spacial score (nSPS) is 12.1. The number of ether oxygens (including phenoxy) is 1. The summed E-state index contributed by atoms with van der Waals surface area (Å²) in [4.78, 5) is 10.9. The first-order valence-electron chi connectivity index (χ1n) is 6.56. The van der Waals surface area contributed by atoms with Gasteiger partial charge in [-0.05, 0) is 36.8 Å². The minimum atomic E-state index is -0.0716. The Morgan fingerprint density at radius 3 is 2.63 bits per heavy atom. The molecule has 0 saturated carbocycles. The van der Waals surface area contributed by atoms with Gasteiger partial charge < -0.3 is 14.1 Å². The maximum atomic E-state index is 10.9. The van der Waals surface area contributed by atoms with Crippen LogP contribution in [0.15, 0.2) is 42.6 Å². The van der Waals surface area contributed by atoms with Crippen molar-refractivity contribution in [3.63, 3.8) is 0 Å². The van der Waals surface area contributed by atoms with E-state index in [1.165, 1.54) is 5.56 Å². The number of nitrogens with zero attached hydrogens (tertiary/aromatic N) is 1. The van der Waals surface area contributed by atoms with Gasteiger partial charge in [0.15, 0.2) is 0 Å². The summed E-state index contributed by atoms with van der Waals surface area (Å²) in [5.41, 5.74) is 2.24. The molecule has 0 bridgehead atoms. The molecule has 1 aromatic carbocycles. The zero-order valence-corrected chi connectivity index (χ0v) is 11.4. The molecule has 0 saturated heterocycles. The molecule has 19 heavy (non-hydrogen) atoms. The predicted molar refractivity (Wildman–Crippen MR) is 75.6 cm³/mol. The van der Waals surface area contributed by atoms with Crippen molar-refractivity contribution in [2.75, 3.05) is 6.61 Å². The van der Waals surface area contributed by atoms with Crippen LogP contribution in [0.4, 0.5) is 0 Å². The molecule has 0 amide bonds. The first-order chi connectivity index (χ1) is 9.24. The van der Waals surface area contributed by atoms with Crippen molar-refractivity contribution >= 4 is 6.29 Å². The Morgan fingerprint density at radius 2 is 2.00 bits per heavy atom. The fourth-order valence-corrected chi connectivity index (χ4v) is 2.11. The molecule has 1 unspecified atom stereocenters. The molecule has 2 rings (SSSR count). The Balaban J connectivity index is 2.12. The van der Waals surface area contributed by atoms with E-state index in [9.17, 15) is 4.79 Å². The molecule has 0 N–H and O–H groups in total. The smallest absolute Gasteiger partial charge is 0.128 e. The van der Waals surface area contributed by atoms with Gasteiger partial charge in [0.2, 0.25) is 0 Å². The van der Waals surface area contributed by atoms with Crippen molar-refractivity contribution < 1.29 is 9.53 Å². The van der Waals surface area contributed by atoms with Crippen LogP contribution in [0.5, 0.6) is 5.75 Å². The summed E-state index contributed by atoms with van der Waals surface area (Å²) in [6.45, 7) is 5.34. The van der Waals surface area contributed by atoms with Crippen molar-refractivity contribution in [2.24, 2.45) is 0 Å².